The van der Waals surface area contributed by atoms with E-state index in [-0.39, 0.29) is 5.91 Å². The van der Waals surface area contributed by atoms with Crippen molar-refractivity contribution in [1.82, 2.24) is 5.32 Å². The van der Waals surface area contributed by atoms with Crippen LogP contribution in [0.1, 0.15) is 24.5 Å². The number of methoxy groups -OCH3 is 1. The summed E-state index contributed by atoms with van der Waals surface area (Å²) in [6.07, 6.45) is 1.05. The molecule has 0 bridgehead atoms. The van der Waals surface area contributed by atoms with Crippen molar-refractivity contribution in [1.29, 1.82) is 0 Å². The number of nitrogens with zero attached hydrogens (tertiary/aromatic N) is 1. The first-order valence-electron chi connectivity index (χ1n) is 7.00. The molecule has 1 aliphatic heterocycles. The van der Waals surface area contributed by atoms with Crippen molar-refractivity contribution in [2.45, 2.75) is 18.9 Å². The van der Waals surface area contributed by atoms with Gasteiger partial charge in [0.2, 0.25) is 5.91 Å². The summed E-state index contributed by atoms with van der Waals surface area (Å²) in [5.74, 6) is 0.00676. The molecule has 1 unspecified atom stereocenters. The topological polar surface area (TPSA) is 61.8 Å². The molecule has 5 heteroatoms. The van der Waals surface area contributed by atoms with Crippen LogP contribution in [0.5, 0.6) is 0 Å². The van der Waals surface area contributed by atoms with E-state index in [0.29, 0.717) is 32.7 Å². The zero-order chi connectivity index (χ0) is 14.4. The van der Waals surface area contributed by atoms with E-state index in [9.17, 15) is 9.90 Å². The normalized spacial score (nSPS) is 17.7. The van der Waals surface area contributed by atoms with Gasteiger partial charge in [-0.2, -0.15) is 0 Å². The Labute approximate surface area is 119 Å². The number of aliphatic hydroxyl groups excluding tert-OH is 1. The van der Waals surface area contributed by atoms with Crippen LogP contribution in [0.3, 0.4) is 0 Å². The first kappa shape index (κ1) is 14.8. The number of fused-ring (bicyclic) bond motifs is 1. The summed E-state index contributed by atoms with van der Waals surface area (Å²) in [5.41, 5.74) is 1.87. The Balaban J connectivity index is 1.90. The number of hydrogen-bond acceptors (Lipinski definition) is 4. The van der Waals surface area contributed by atoms with Gasteiger partial charge in [0.05, 0.1) is 12.6 Å². The van der Waals surface area contributed by atoms with Crippen LogP contribution in [0.15, 0.2) is 24.3 Å². The Morgan fingerprint density at radius 1 is 1.50 bits per heavy atom. The van der Waals surface area contributed by atoms with Crippen LogP contribution >= 0.6 is 0 Å². The van der Waals surface area contributed by atoms with Gasteiger partial charge in [-0.15, -0.1) is 0 Å². The molecule has 0 saturated heterocycles. The summed E-state index contributed by atoms with van der Waals surface area (Å²) < 4.78 is 4.94. The van der Waals surface area contributed by atoms with Crippen molar-refractivity contribution in [3.8, 4) is 0 Å². The second-order valence-corrected chi connectivity index (χ2v) is 4.98. The molecule has 0 aliphatic carbocycles. The lowest BCUT2D eigenvalue weighted by Gasteiger charge is -2.33. The number of aliphatic hydroxyl groups is 1. The van der Waals surface area contributed by atoms with E-state index in [1.165, 1.54) is 0 Å². The summed E-state index contributed by atoms with van der Waals surface area (Å²) in [6.45, 7) is 2.31. The third-order valence-electron chi connectivity index (χ3n) is 3.49. The highest BCUT2D eigenvalue weighted by Gasteiger charge is 2.24. The Morgan fingerprint density at radius 3 is 3.10 bits per heavy atom. The number of anilines is 1. The van der Waals surface area contributed by atoms with Gasteiger partial charge >= 0.3 is 0 Å². The van der Waals surface area contributed by atoms with Crippen molar-refractivity contribution >= 4 is 11.6 Å². The first-order valence-corrected chi connectivity index (χ1v) is 7.00. The smallest absolute Gasteiger partial charge is 0.239 e. The first-order chi connectivity index (χ1) is 9.72. The largest absolute Gasteiger partial charge is 0.388 e. The maximum atomic E-state index is 11.9. The predicted molar refractivity (Wildman–Crippen MR) is 77.7 cm³/mol. The quantitative estimate of drug-likeness (QED) is 0.765. The van der Waals surface area contributed by atoms with Crippen molar-refractivity contribution in [2.75, 3.05) is 38.3 Å². The average molecular weight is 278 g/mol. The van der Waals surface area contributed by atoms with E-state index in [0.717, 1.165) is 17.7 Å². The van der Waals surface area contributed by atoms with Gasteiger partial charge in [0.1, 0.15) is 0 Å². The third kappa shape index (κ3) is 3.71. The second-order valence-electron chi connectivity index (χ2n) is 4.98. The second kappa shape index (κ2) is 7.26. The number of carbonyl (C=O) groups is 1. The molecular weight excluding hydrogens is 256 g/mol. The summed E-state index contributed by atoms with van der Waals surface area (Å²) in [5, 5.41) is 12.9. The van der Waals surface area contributed by atoms with Gasteiger partial charge in [-0.1, -0.05) is 18.2 Å². The van der Waals surface area contributed by atoms with E-state index in [4.69, 9.17) is 4.74 Å². The zero-order valence-corrected chi connectivity index (χ0v) is 11.8. The fraction of sp³-hybridized carbons (Fsp3) is 0.533. The van der Waals surface area contributed by atoms with Crippen LogP contribution in [0.4, 0.5) is 5.69 Å². The molecule has 0 aromatic heterocycles. The van der Waals surface area contributed by atoms with Crippen molar-refractivity contribution < 1.29 is 14.6 Å². The lowest BCUT2D eigenvalue weighted by molar-refractivity contribution is -0.119. The molecule has 1 heterocycles. The highest BCUT2D eigenvalue weighted by molar-refractivity contribution is 5.81. The molecule has 20 heavy (non-hydrogen) atoms. The number of amides is 1. The van der Waals surface area contributed by atoms with Crippen molar-refractivity contribution in [2.24, 2.45) is 0 Å². The van der Waals surface area contributed by atoms with Crippen molar-refractivity contribution in [3.05, 3.63) is 29.8 Å². The monoisotopic (exact) mass is 278 g/mol. The van der Waals surface area contributed by atoms with E-state index >= 15 is 0 Å². The van der Waals surface area contributed by atoms with Crippen molar-refractivity contribution in [3.63, 3.8) is 0 Å². The number of ether oxygens (including phenoxy) is 1. The van der Waals surface area contributed by atoms with E-state index in [1.54, 1.807) is 7.11 Å². The molecule has 1 amide bonds. The average Bonchev–Trinajstić information content (AvgIpc) is 2.47. The van der Waals surface area contributed by atoms with Gasteiger partial charge in [-0.25, -0.2) is 0 Å². The van der Waals surface area contributed by atoms with Gasteiger partial charge in [0.15, 0.2) is 0 Å². The lowest BCUT2D eigenvalue weighted by atomic mass is 9.99. The number of hydrogen-bond donors (Lipinski definition) is 2. The Morgan fingerprint density at radius 2 is 2.30 bits per heavy atom. The molecule has 1 aromatic rings. The van der Waals surface area contributed by atoms with Crippen LogP contribution in [0.2, 0.25) is 0 Å². The molecule has 1 aliphatic rings. The fourth-order valence-electron chi connectivity index (χ4n) is 2.45. The van der Waals surface area contributed by atoms with Gasteiger partial charge in [-0.05, 0) is 18.9 Å². The van der Waals surface area contributed by atoms with E-state index < -0.39 is 6.10 Å². The zero-order valence-electron chi connectivity index (χ0n) is 11.8. The fourth-order valence-corrected chi connectivity index (χ4v) is 2.45. The highest BCUT2D eigenvalue weighted by Crippen LogP contribution is 2.32. The Bertz CT molecular complexity index is 450. The molecule has 110 valence electrons. The SMILES string of the molecule is COCCCNC(=O)CN1CCC(O)c2ccccc21. The van der Waals surface area contributed by atoms with E-state index in [2.05, 4.69) is 5.32 Å². The van der Waals surface area contributed by atoms with Gasteiger partial charge < -0.3 is 20.1 Å². The maximum Gasteiger partial charge on any atom is 0.239 e. The summed E-state index contributed by atoms with van der Waals surface area (Å²) in [4.78, 5) is 13.9. The summed E-state index contributed by atoms with van der Waals surface area (Å²) in [6, 6.07) is 7.72. The Hall–Kier alpha value is -1.59. The minimum atomic E-state index is -0.424. The molecular formula is C15H22N2O3. The van der Waals surface area contributed by atoms with Gasteiger partial charge in [-0.3, -0.25) is 4.79 Å². The third-order valence-corrected chi connectivity index (χ3v) is 3.49. The molecule has 0 fully saturated rings. The Kier molecular flexibility index (Phi) is 5.38. The van der Waals surface area contributed by atoms with Crippen LogP contribution in [0, 0.1) is 0 Å². The maximum absolute atomic E-state index is 11.9. The van der Waals surface area contributed by atoms with Crippen LogP contribution in [-0.4, -0.2) is 44.4 Å². The molecule has 1 aromatic carbocycles. The minimum Gasteiger partial charge on any atom is -0.388 e. The minimum absolute atomic E-state index is 0.00676. The van der Waals surface area contributed by atoms with Crippen LogP contribution in [-0.2, 0) is 9.53 Å². The van der Waals surface area contributed by atoms with Gasteiger partial charge in [0, 0.05) is 38.1 Å². The number of para-hydroxylation sites is 1. The molecule has 0 saturated carbocycles. The molecule has 0 spiro atoms. The molecule has 2 rings (SSSR count). The van der Waals surface area contributed by atoms with Crippen LogP contribution < -0.4 is 10.2 Å². The number of benzene rings is 1. The number of carbonyl (C=O) groups excluding carboxylic acids is 1. The number of nitrogens with one attached hydrogen (secondary N) is 1. The standard InChI is InChI=1S/C15H22N2O3/c1-20-10-4-8-16-15(19)11-17-9-7-14(18)12-5-2-3-6-13(12)17/h2-3,5-6,14,18H,4,7-11H2,1H3,(H,16,19). The van der Waals surface area contributed by atoms with Crippen LogP contribution in [0.25, 0.3) is 0 Å². The van der Waals surface area contributed by atoms with Gasteiger partial charge in [0.25, 0.3) is 0 Å². The molecule has 0 radical (unpaired) electrons. The molecule has 2 N–H and O–H groups in total. The molecule has 5 nitrogen and oxygen atoms in total. The summed E-state index contributed by atoms with van der Waals surface area (Å²) in [7, 11) is 1.65. The van der Waals surface area contributed by atoms with E-state index in [1.807, 2.05) is 29.2 Å². The molecule has 1 atom stereocenters. The summed E-state index contributed by atoms with van der Waals surface area (Å²) >= 11 is 0. The highest BCUT2D eigenvalue weighted by atomic mass is 16.5. The number of rotatable bonds is 6. The predicted octanol–water partition coefficient (Wildman–Crippen LogP) is 1.08. The lowest BCUT2D eigenvalue weighted by Crippen LogP contribution is -2.40.